The molecule has 1 aromatic rings. The minimum Gasteiger partial charge on any atom is -0.373 e. The highest BCUT2D eigenvalue weighted by atomic mass is 32.2. The molecule has 7 nitrogen and oxygen atoms in total. The Morgan fingerprint density at radius 1 is 1.42 bits per heavy atom. The van der Waals surface area contributed by atoms with Gasteiger partial charge in [0.25, 0.3) is 0 Å². The first-order valence-corrected chi connectivity index (χ1v) is 7.53. The normalized spacial score (nSPS) is 22.8. The standard InChI is InChI=1S/C11H16N4O3S/c1-12-10-3-2-9(15(16)17)11(14-10)13-8-4-6-19(18)7-5-8/h2-3,8H,4-7H2,1H3,(H2,12,13,14). The fourth-order valence-corrected chi connectivity index (χ4v) is 3.28. The van der Waals surface area contributed by atoms with Crippen molar-refractivity contribution < 1.29 is 9.13 Å². The van der Waals surface area contributed by atoms with E-state index in [1.165, 1.54) is 6.07 Å². The van der Waals surface area contributed by atoms with Crippen molar-refractivity contribution in [1.29, 1.82) is 0 Å². The number of rotatable bonds is 4. The highest BCUT2D eigenvalue weighted by molar-refractivity contribution is 7.85. The number of nitrogens with one attached hydrogen (secondary N) is 2. The third kappa shape index (κ3) is 3.40. The Balaban J connectivity index is 2.17. The van der Waals surface area contributed by atoms with Gasteiger partial charge in [0, 0.05) is 41.5 Å². The van der Waals surface area contributed by atoms with E-state index in [0.717, 1.165) is 12.8 Å². The van der Waals surface area contributed by atoms with E-state index in [1.807, 2.05) is 0 Å². The third-order valence-electron chi connectivity index (χ3n) is 3.06. The van der Waals surface area contributed by atoms with Crippen molar-refractivity contribution in [3.63, 3.8) is 0 Å². The van der Waals surface area contributed by atoms with Crippen LogP contribution in [0.5, 0.6) is 0 Å². The van der Waals surface area contributed by atoms with E-state index in [9.17, 15) is 14.3 Å². The molecule has 0 atom stereocenters. The minimum atomic E-state index is -0.746. The van der Waals surface area contributed by atoms with E-state index in [0.29, 0.717) is 17.3 Å². The molecule has 0 bridgehead atoms. The van der Waals surface area contributed by atoms with Crippen LogP contribution in [0.15, 0.2) is 12.1 Å². The largest absolute Gasteiger partial charge is 0.373 e. The monoisotopic (exact) mass is 284 g/mol. The average Bonchev–Trinajstić information content (AvgIpc) is 2.41. The molecule has 0 aliphatic carbocycles. The third-order valence-corrected chi connectivity index (χ3v) is 4.44. The number of hydrogen-bond acceptors (Lipinski definition) is 6. The summed E-state index contributed by atoms with van der Waals surface area (Å²) < 4.78 is 11.3. The van der Waals surface area contributed by atoms with Crippen molar-refractivity contribution in [2.45, 2.75) is 18.9 Å². The van der Waals surface area contributed by atoms with E-state index >= 15 is 0 Å². The Morgan fingerprint density at radius 3 is 2.68 bits per heavy atom. The lowest BCUT2D eigenvalue weighted by Crippen LogP contribution is -2.30. The molecule has 1 aromatic heterocycles. The zero-order chi connectivity index (χ0) is 13.8. The fourth-order valence-electron chi connectivity index (χ4n) is 1.98. The summed E-state index contributed by atoms with van der Waals surface area (Å²) >= 11 is 0. The molecule has 0 unspecified atom stereocenters. The molecule has 0 radical (unpaired) electrons. The number of anilines is 2. The van der Waals surface area contributed by atoms with E-state index < -0.39 is 15.7 Å². The molecule has 104 valence electrons. The van der Waals surface area contributed by atoms with Gasteiger partial charge in [-0.3, -0.25) is 14.3 Å². The molecule has 2 rings (SSSR count). The van der Waals surface area contributed by atoms with Gasteiger partial charge in [0.05, 0.1) is 4.92 Å². The van der Waals surface area contributed by atoms with Gasteiger partial charge in [0.2, 0.25) is 5.82 Å². The molecule has 1 saturated heterocycles. The maximum Gasteiger partial charge on any atom is 0.311 e. The molecule has 0 aromatic carbocycles. The van der Waals surface area contributed by atoms with E-state index in [4.69, 9.17) is 0 Å². The van der Waals surface area contributed by atoms with Gasteiger partial charge in [0.1, 0.15) is 5.82 Å². The molecule has 1 fully saturated rings. The summed E-state index contributed by atoms with van der Waals surface area (Å²) in [5.74, 6) is 2.12. The number of aromatic nitrogens is 1. The highest BCUT2D eigenvalue weighted by Gasteiger charge is 2.22. The lowest BCUT2D eigenvalue weighted by Gasteiger charge is -2.23. The van der Waals surface area contributed by atoms with Crippen LogP contribution in [0, 0.1) is 10.1 Å². The van der Waals surface area contributed by atoms with Gasteiger partial charge in [-0.2, -0.15) is 0 Å². The summed E-state index contributed by atoms with van der Waals surface area (Å²) in [6.45, 7) is 0. The summed E-state index contributed by atoms with van der Waals surface area (Å²) in [4.78, 5) is 14.7. The van der Waals surface area contributed by atoms with Crippen molar-refractivity contribution in [3.05, 3.63) is 22.2 Å². The quantitative estimate of drug-likeness (QED) is 0.640. The van der Waals surface area contributed by atoms with Gasteiger partial charge in [-0.25, -0.2) is 4.98 Å². The van der Waals surface area contributed by atoms with Crippen LogP contribution in [0.1, 0.15) is 12.8 Å². The van der Waals surface area contributed by atoms with Gasteiger partial charge < -0.3 is 10.6 Å². The van der Waals surface area contributed by atoms with Gasteiger partial charge in [-0.1, -0.05) is 0 Å². The molecule has 1 aliphatic heterocycles. The molecular formula is C11H16N4O3S. The topological polar surface area (TPSA) is 97.2 Å². The number of nitro groups is 1. The Kier molecular flexibility index (Phi) is 4.31. The van der Waals surface area contributed by atoms with Crippen LogP contribution in [0.3, 0.4) is 0 Å². The molecule has 19 heavy (non-hydrogen) atoms. The van der Waals surface area contributed by atoms with Crippen LogP contribution >= 0.6 is 0 Å². The summed E-state index contributed by atoms with van der Waals surface area (Å²) in [5.41, 5.74) is -0.0364. The molecule has 8 heteroatoms. The number of nitrogens with zero attached hydrogens (tertiary/aromatic N) is 2. The second-order valence-corrected chi connectivity index (χ2v) is 6.03. The van der Waals surface area contributed by atoms with Crippen molar-refractivity contribution in [2.75, 3.05) is 29.2 Å². The van der Waals surface area contributed by atoms with Crippen LogP contribution in [-0.2, 0) is 10.8 Å². The summed E-state index contributed by atoms with van der Waals surface area (Å²) in [5, 5.41) is 16.9. The maximum atomic E-state index is 11.3. The van der Waals surface area contributed by atoms with E-state index in [2.05, 4.69) is 15.6 Å². The maximum absolute atomic E-state index is 11.3. The second kappa shape index (κ2) is 5.96. The zero-order valence-corrected chi connectivity index (χ0v) is 11.4. The molecule has 1 aliphatic rings. The van der Waals surface area contributed by atoms with Crippen LogP contribution in [-0.4, -0.2) is 38.7 Å². The first-order valence-electron chi connectivity index (χ1n) is 6.05. The van der Waals surface area contributed by atoms with Crippen LogP contribution < -0.4 is 10.6 Å². The van der Waals surface area contributed by atoms with Crippen molar-refractivity contribution in [3.8, 4) is 0 Å². The van der Waals surface area contributed by atoms with E-state index in [1.54, 1.807) is 13.1 Å². The lowest BCUT2D eigenvalue weighted by molar-refractivity contribution is -0.384. The summed E-state index contributed by atoms with van der Waals surface area (Å²) in [6.07, 6.45) is 1.49. The summed E-state index contributed by atoms with van der Waals surface area (Å²) in [6, 6.07) is 3.09. The van der Waals surface area contributed by atoms with Crippen LogP contribution in [0.2, 0.25) is 0 Å². The van der Waals surface area contributed by atoms with Gasteiger partial charge in [-0.05, 0) is 18.9 Å². The number of pyridine rings is 1. The fraction of sp³-hybridized carbons (Fsp3) is 0.545. The van der Waals surface area contributed by atoms with Crippen LogP contribution in [0.4, 0.5) is 17.3 Å². The minimum absolute atomic E-state index is 0.0364. The molecule has 0 spiro atoms. The smallest absolute Gasteiger partial charge is 0.311 e. The SMILES string of the molecule is CNc1ccc([N+](=O)[O-])c(NC2CCS(=O)CC2)n1. The van der Waals surface area contributed by atoms with E-state index in [-0.39, 0.29) is 17.5 Å². The van der Waals surface area contributed by atoms with Crippen LogP contribution in [0.25, 0.3) is 0 Å². The number of hydrogen-bond donors (Lipinski definition) is 2. The Hall–Kier alpha value is -1.70. The molecule has 0 amide bonds. The Morgan fingerprint density at radius 2 is 2.11 bits per heavy atom. The molecule has 2 N–H and O–H groups in total. The molecular weight excluding hydrogens is 268 g/mol. The molecule has 0 saturated carbocycles. The Labute approximate surface area is 113 Å². The first kappa shape index (κ1) is 13.7. The van der Waals surface area contributed by atoms with Crippen molar-refractivity contribution in [1.82, 2.24) is 4.98 Å². The highest BCUT2D eigenvalue weighted by Crippen LogP contribution is 2.26. The van der Waals surface area contributed by atoms with Crippen molar-refractivity contribution in [2.24, 2.45) is 0 Å². The second-order valence-electron chi connectivity index (χ2n) is 4.34. The van der Waals surface area contributed by atoms with Gasteiger partial charge >= 0.3 is 5.69 Å². The molecule has 2 heterocycles. The Bertz CT molecular complexity index is 499. The lowest BCUT2D eigenvalue weighted by atomic mass is 10.1. The van der Waals surface area contributed by atoms with Gasteiger partial charge in [0.15, 0.2) is 0 Å². The van der Waals surface area contributed by atoms with Crippen molar-refractivity contribution >= 4 is 28.1 Å². The average molecular weight is 284 g/mol. The summed E-state index contributed by atoms with van der Waals surface area (Å²) in [7, 11) is 0.964. The zero-order valence-electron chi connectivity index (χ0n) is 10.6. The predicted molar refractivity (Wildman–Crippen MR) is 75.0 cm³/mol. The predicted octanol–water partition coefficient (Wildman–Crippen LogP) is 1.35. The first-order chi connectivity index (χ1) is 9.10. The van der Waals surface area contributed by atoms with Gasteiger partial charge in [-0.15, -0.1) is 0 Å².